The van der Waals surface area contributed by atoms with Crippen LogP contribution in [0.4, 0.5) is 5.95 Å². The van der Waals surface area contributed by atoms with Crippen molar-refractivity contribution in [1.82, 2.24) is 20.0 Å². The standard InChI is InChI=1S/C20H23N5O3/c1-13-11-17(28-24-13)15-12-22-20(23-19(15)16-7-6-14(2)27-16)21-8-4-10-25-9-3-5-18(25)26/h6-7,11-12H,3-5,8-10H2,1-2H3,(H,21,22,23). The Morgan fingerprint density at radius 1 is 1.25 bits per heavy atom. The highest BCUT2D eigenvalue weighted by molar-refractivity contribution is 5.78. The zero-order valence-electron chi connectivity index (χ0n) is 16.1. The summed E-state index contributed by atoms with van der Waals surface area (Å²) in [4.78, 5) is 22.6. The number of nitrogens with zero attached hydrogens (tertiary/aromatic N) is 4. The molecule has 0 unspecified atom stereocenters. The van der Waals surface area contributed by atoms with Gasteiger partial charge in [-0.15, -0.1) is 0 Å². The quantitative estimate of drug-likeness (QED) is 0.626. The lowest BCUT2D eigenvalue weighted by atomic mass is 10.1. The maximum Gasteiger partial charge on any atom is 0.223 e. The van der Waals surface area contributed by atoms with Crippen LogP contribution in [0.15, 0.2) is 33.3 Å². The summed E-state index contributed by atoms with van der Waals surface area (Å²) in [5.41, 5.74) is 2.16. The molecule has 4 heterocycles. The third-order valence-electron chi connectivity index (χ3n) is 4.72. The molecular weight excluding hydrogens is 358 g/mol. The first kappa shape index (κ1) is 18.2. The number of aryl methyl sites for hydroxylation is 2. The van der Waals surface area contributed by atoms with E-state index >= 15 is 0 Å². The lowest BCUT2D eigenvalue weighted by molar-refractivity contribution is -0.127. The minimum atomic E-state index is 0.249. The normalized spacial score (nSPS) is 14.1. The smallest absolute Gasteiger partial charge is 0.223 e. The highest BCUT2D eigenvalue weighted by atomic mass is 16.5. The topological polar surface area (TPSA) is 97.3 Å². The number of nitrogens with one attached hydrogen (secondary N) is 1. The Morgan fingerprint density at radius 2 is 2.14 bits per heavy atom. The van der Waals surface area contributed by atoms with E-state index in [4.69, 9.17) is 8.94 Å². The van der Waals surface area contributed by atoms with E-state index in [0.29, 0.717) is 36.1 Å². The van der Waals surface area contributed by atoms with E-state index in [1.54, 1.807) is 6.20 Å². The van der Waals surface area contributed by atoms with Gasteiger partial charge in [-0.05, 0) is 38.8 Å². The van der Waals surface area contributed by atoms with Gasteiger partial charge in [0.1, 0.15) is 11.5 Å². The fourth-order valence-corrected chi connectivity index (χ4v) is 3.30. The molecular formula is C20H23N5O3. The SMILES string of the molecule is Cc1cc(-c2cnc(NCCCN3CCCC3=O)nc2-c2ccc(C)o2)on1. The Hall–Kier alpha value is -3.16. The molecule has 0 spiro atoms. The maximum atomic E-state index is 11.7. The first-order chi connectivity index (χ1) is 13.6. The monoisotopic (exact) mass is 381 g/mol. The molecule has 1 aliphatic heterocycles. The second-order valence-corrected chi connectivity index (χ2v) is 6.96. The van der Waals surface area contributed by atoms with Gasteiger partial charge in [-0.25, -0.2) is 9.97 Å². The van der Waals surface area contributed by atoms with Crippen LogP contribution in [0, 0.1) is 13.8 Å². The molecule has 0 aromatic carbocycles. The summed E-state index contributed by atoms with van der Waals surface area (Å²) in [6.07, 6.45) is 4.19. The van der Waals surface area contributed by atoms with Gasteiger partial charge in [-0.2, -0.15) is 0 Å². The molecule has 4 rings (SSSR count). The molecule has 1 aliphatic rings. The summed E-state index contributed by atoms with van der Waals surface area (Å²) in [7, 11) is 0. The highest BCUT2D eigenvalue weighted by Gasteiger charge is 2.20. The van der Waals surface area contributed by atoms with Gasteiger partial charge in [-0.3, -0.25) is 4.79 Å². The Bertz CT molecular complexity index is 978. The van der Waals surface area contributed by atoms with E-state index in [0.717, 1.165) is 42.9 Å². The van der Waals surface area contributed by atoms with Crippen LogP contribution in [0.3, 0.4) is 0 Å². The zero-order chi connectivity index (χ0) is 19.5. The summed E-state index contributed by atoms with van der Waals surface area (Å²) < 4.78 is 11.2. The van der Waals surface area contributed by atoms with Crippen molar-refractivity contribution in [2.24, 2.45) is 0 Å². The molecule has 1 amide bonds. The highest BCUT2D eigenvalue weighted by Crippen LogP contribution is 2.32. The number of likely N-dealkylation sites (tertiary alicyclic amines) is 1. The van der Waals surface area contributed by atoms with Crippen LogP contribution >= 0.6 is 0 Å². The van der Waals surface area contributed by atoms with Crippen molar-refractivity contribution < 1.29 is 13.7 Å². The molecule has 8 nitrogen and oxygen atoms in total. The average molecular weight is 381 g/mol. The van der Waals surface area contributed by atoms with Crippen LogP contribution in [0.5, 0.6) is 0 Å². The molecule has 1 saturated heterocycles. The largest absolute Gasteiger partial charge is 0.460 e. The molecule has 146 valence electrons. The zero-order valence-corrected chi connectivity index (χ0v) is 16.1. The Labute approximate surface area is 162 Å². The van der Waals surface area contributed by atoms with Gasteiger partial charge in [0, 0.05) is 38.3 Å². The Morgan fingerprint density at radius 3 is 2.82 bits per heavy atom. The molecule has 1 fully saturated rings. The predicted molar refractivity (Wildman–Crippen MR) is 104 cm³/mol. The fraction of sp³-hybridized carbons (Fsp3) is 0.400. The number of rotatable bonds is 7. The van der Waals surface area contributed by atoms with Gasteiger partial charge in [0.2, 0.25) is 11.9 Å². The van der Waals surface area contributed by atoms with Gasteiger partial charge in [0.15, 0.2) is 11.5 Å². The van der Waals surface area contributed by atoms with Crippen LogP contribution < -0.4 is 5.32 Å². The Balaban J connectivity index is 1.50. The second-order valence-electron chi connectivity index (χ2n) is 6.96. The van der Waals surface area contributed by atoms with E-state index in [2.05, 4.69) is 20.4 Å². The minimum absolute atomic E-state index is 0.249. The van der Waals surface area contributed by atoms with Crippen LogP contribution in [0.2, 0.25) is 0 Å². The number of amides is 1. The number of hydrogen-bond donors (Lipinski definition) is 1. The van der Waals surface area contributed by atoms with Crippen LogP contribution in [0.1, 0.15) is 30.7 Å². The number of carbonyl (C=O) groups is 1. The summed E-state index contributed by atoms with van der Waals surface area (Å²) in [6.45, 7) is 6.06. The molecule has 8 heteroatoms. The molecule has 3 aromatic heterocycles. The van der Waals surface area contributed by atoms with Crippen molar-refractivity contribution in [1.29, 1.82) is 0 Å². The summed E-state index contributed by atoms with van der Waals surface area (Å²) in [5.74, 6) is 2.81. The van der Waals surface area contributed by atoms with Gasteiger partial charge >= 0.3 is 0 Å². The van der Waals surface area contributed by atoms with Crippen molar-refractivity contribution in [3.63, 3.8) is 0 Å². The van der Waals surface area contributed by atoms with Crippen molar-refractivity contribution in [3.05, 3.63) is 35.9 Å². The molecule has 0 atom stereocenters. The third-order valence-corrected chi connectivity index (χ3v) is 4.72. The van der Waals surface area contributed by atoms with Crippen molar-refractivity contribution in [3.8, 4) is 22.8 Å². The Kier molecular flexibility index (Phi) is 5.10. The molecule has 1 N–H and O–H groups in total. The summed E-state index contributed by atoms with van der Waals surface area (Å²) in [6, 6.07) is 5.62. The third kappa shape index (κ3) is 3.90. The van der Waals surface area contributed by atoms with E-state index in [1.165, 1.54) is 0 Å². The lowest BCUT2D eigenvalue weighted by Gasteiger charge is -2.15. The van der Waals surface area contributed by atoms with E-state index in [9.17, 15) is 4.79 Å². The maximum absolute atomic E-state index is 11.7. The molecule has 28 heavy (non-hydrogen) atoms. The van der Waals surface area contributed by atoms with Gasteiger partial charge in [0.25, 0.3) is 0 Å². The predicted octanol–water partition coefficient (Wildman–Crippen LogP) is 3.43. The number of aromatic nitrogens is 3. The van der Waals surface area contributed by atoms with E-state index in [1.807, 2.05) is 36.9 Å². The first-order valence-corrected chi connectivity index (χ1v) is 9.49. The van der Waals surface area contributed by atoms with E-state index < -0.39 is 0 Å². The van der Waals surface area contributed by atoms with Gasteiger partial charge in [0.05, 0.1) is 11.3 Å². The average Bonchev–Trinajstić information content (AvgIpc) is 3.41. The van der Waals surface area contributed by atoms with Crippen LogP contribution in [0.25, 0.3) is 22.8 Å². The fourth-order valence-electron chi connectivity index (χ4n) is 3.30. The van der Waals surface area contributed by atoms with Gasteiger partial charge in [-0.1, -0.05) is 5.16 Å². The summed E-state index contributed by atoms with van der Waals surface area (Å²) in [5, 5.41) is 7.19. The lowest BCUT2D eigenvalue weighted by Crippen LogP contribution is -2.27. The molecule has 0 radical (unpaired) electrons. The summed E-state index contributed by atoms with van der Waals surface area (Å²) >= 11 is 0. The molecule has 3 aromatic rings. The van der Waals surface area contributed by atoms with Crippen molar-refractivity contribution >= 4 is 11.9 Å². The van der Waals surface area contributed by atoms with Crippen LogP contribution in [-0.2, 0) is 4.79 Å². The van der Waals surface area contributed by atoms with E-state index in [-0.39, 0.29) is 5.91 Å². The number of furan rings is 1. The van der Waals surface area contributed by atoms with Crippen molar-refractivity contribution in [2.45, 2.75) is 33.1 Å². The van der Waals surface area contributed by atoms with Crippen molar-refractivity contribution in [2.75, 3.05) is 25.0 Å². The molecule has 0 bridgehead atoms. The number of carbonyl (C=O) groups excluding carboxylic acids is 1. The number of hydrogen-bond acceptors (Lipinski definition) is 7. The molecule has 0 saturated carbocycles. The van der Waals surface area contributed by atoms with Gasteiger partial charge < -0.3 is 19.2 Å². The first-order valence-electron chi connectivity index (χ1n) is 9.49. The number of anilines is 1. The molecule has 0 aliphatic carbocycles. The van der Waals surface area contributed by atoms with Crippen LogP contribution in [-0.4, -0.2) is 45.6 Å². The second kappa shape index (κ2) is 7.84. The minimum Gasteiger partial charge on any atom is -0.460 e.